The van der Waals surface area contributed by atoms with E-state index in [0.29, 0.717) is 11.5 Å². The van der Waals surface area contributed by atoms with Crippen molar-refractivity contribution in [3.63, 3.8) is 0 Å². The van der Waals surface area contributed by atoms with Crippen molar-refractivity contribution in [1.82, 2.24) is 10.2 Å². The van der Waals surface area contributed by atoms with Gasteiger partial charge in [-0.3, -0.25) is 4.79 Å². The maximum absolute atomic E-state index is 11.5. The smallest absolute Gasteiger partial charge is 0.309 e. The fraction of sp³-hybridized carbons (Fsp3) is 0.929. The van der Waals surface area contributed by atoms with E-state index in [1.54, 1.807) is 0 Å². The van der Waals surface area contributed by atoms with E-state index in [9.17, 15) is 4.79 Å². The molecular weight excluding hydrogens is 228 g/mol. The maximum atomic E-state index is 11.5. The highest BCUT2D eigenvalue weighted by atomic mass is 16.5. The standard InChI is InChI=1S/C14H26N2O2/c1-11(2)15-6-9-16-7-4-14(5-8-16)10-12(14)13(17)18-3/h11-12,15H,4-10H2,1-3H3. The molecule has 104 valence electrons. The summed E-state index contributed by atoms with van der Waals surface area (Å²) in [5.41, 5.74) is 0.301. The summed E-state index contributed by atoms with van der Waals surface area (Å²) in [6.45, 7) is 8.80. The third kappa shape index (κ3) is 3.04. The van der Waals surface area contributed by atoms with Crippen molar-refractivity contribution in [1.29, 1.82) is 0 Å². The van der Waals surface area contributed by atoms with Crippen LogP contribution in [-0.2, 0) is 9.53 Å². The van der Waals surface area contributed by atoms with Crippen LogP contribution in [0.2, 0.25) is 0 Å². The number of rotatable bonds is 5. The van der Waals surface area contributed by atoms with Gasteiger partial charge in [-0.1, -0.05) is 13.8 Å². The van der Waals surface area contributed by atoms with Gasteiger partial charge in [0.2, 0.25) is 0 Å². The Morgan fingerprint density at radius 2 is 2.11 bits per heavy atom. The number of hydrogen-bond acceptors (Lipinski definition) is 4. The molecule has 1 saturated heterocycles. The Labute approximate surface area is 110 Å². The SMILES string of the molecule is COC(=O)C1CC12CCN(CCNC(C)C)CC2. The number of likely N-dealkylation sites (tertiary alicyclic amines) is 1. The summed E-state index contributed by atoms with van der Waals surface area (Å²) in [6.07, 6.45) is 3.38. The highest BCUT2D eigenvalue weighted by molar-refractivity contribution is 5.76. The topological polar surface area (TPSA) is 41.6 Å². The predicted octanol–water partition coefficient (Wildman–Crippen LogP) is 1.26. The molecule has 0 aromatic rings. The summed E-state index contributed by atoms with van der Waals surface area (Å²) in [5, 5.41) is 3.45. The first-order valence-electron chi connectivity index (χ1n) is 7.11. The second kappa shape index (κ2) is 5.57. The minimum atomic E-state index is 0.00456. The van der Waals surface area contributed by atoms with Gasteiger partial charge in [0.05, 0.1) is 13.0 Å². The lowest BCUT2D eigenvalue weighted by Gasteiger charge is -2.32. The monoisotopic (exact) mass is 254 g/mol. The Morgan fingerprint density at radius 3 is 2.67 bits per heavy atom. The second-order valence-electron chi connectivity index (χ2n) is 6.09. The van der Waals surface area contributed by atoms with Gasteiger partial charge in [0, 0.05) is 19.1 Å². The molecule has 1 N–H and O–H groups in total. The molecule has 2 fully saturated rings. The molecule has 0 bridgehead atoms. The maximum Gasteiger partial charge on any atom is 0.309 e. The molecule has 1 spiro atoms. The van der Waals surface area contributed by atoms with Gasteiger partial charge in [-0.05, 0) is 37.8 Å². The van der Waals surface area contributed by atoms with Gasteiger partial charge in [-0.2, -0.15) is 0 Å². The lowest BCUT2D eigenvalue weighted by Crippen LogP contribution is -2.40. The molecule has 0 radical (unpaired) electrons. The average molecular weight is 254 g/mol. The Morgan fingerprint density at radius 1 is 1.44 bits per heavy atom. The van der Waals surface area contributed by atoms with Crippen LogP contribution < -0.4 is 5.32 Å². The lowest BCUT2D eigenvalue weighted by atomic mass is 9.91. The molecule has 2 aliphatic rings. The number of esters is 1. The minimum absolute atomic E-state index is 0.00456. The van der Waals surface area contributed by atoms with E-state index in [1.165, 1.54) is 7.11 Å². The number of nitrogens with one attached hydrogen (secondary N) is 1. The molecule has 0 aromatic carbocycles. The Bertz CT molecular complexity index is 296. The molecule has 0 aromatic heterocycles. The highest BCUT2D eigenvalue weighted by Gasteiger charge is 2.59. The highest BCUT2D eigenvalue weighted by Crippen LogP contribution is 2.59. The normalized spacial score (nSPS) is 26.6. The summed E-state index contributed by atoms with van der Waals surface area (Å²) in [6, 6.07) is 0.563. The van der Waals surface area contributed by atoms with Crippen LogP contribution in [0.1, 0.15) is 33.1 Å². The van der Waals surface area contributed by atoms with Crippen molar-refractivity contribution in [3.05, 3.63) is 0 Å². The third-order valence-corrected chi connectivity index (χ3v) is 4.51. The zero-order chi connectivity index (χ0) is 13.2. The molecule has 1 heterocycles. The van der Waals surface area contributed by atoms with Gasteiger partial charge in [0.15, 0.2) is 0 Å². The van der Waals surface area contributed by atoms with Crippen molar-refractivity contribution < 1.29 is 9.53 Å². The van der Waals surface area contributed by atoms with E-state index in [4.69, 9.17) is 4.74 Å². The van der Waals surface area contributed by atoms with Crippen LogP contribution in [0.3, 0.4) is 0 Å². The Balaban J connectivity index is 1.68. The zero-order valence-electron chi connectivity index (χ0n) is 11.9. The molecular formula is C14H26N2O2. The van der Waals surface area contributed by atoms with Gasteiger partial charge >= 0.3 is 5.97 Å². The van der Waals surface area contributed by atoms with Crippen LogP contribution in [0, 0.1) is 11.3 Å². The van der Waals surface area contributed by atoms with E-state index < -0.39 is 0 Å². The first-order chi connectivity index (χ1) is 8.57. The molecule has 2 rings (SSSR count). The van der Waals surface area contributed by atoms with Crippen molar-refractivity contribution in [2.24, 2.45) is 11.3 Å². The molecule has 4 nitrogen and oxygen atoms in total. The molecule has 1 aliphatic heterocycles. The van der Waals surface area contributed by atoms with Crippen molar-refractivity contribution in [3.8, 4) is 0 Å². The first kappa shape index (κ1) is 13.8. The summed E-state index contributed by atoms with van der Waals surface area (Å²) in [5.74, 6) is 0.198. The number of carbonyl (C=O) groups excluding carboxylic acids is 1. The van der Waals surface area contributed by atoms with Crippen LogP contribution in [0.5, 0.6) is 0 Å². The molecule has 1 saturated carbocycles. The molecule has 1 unspecified atom stereocenters. The number of ether oxygens (including phenoxy) is 1. The van der Waals surface area contributed by atoms with Gasteiger partial charge in [0.25, 0.3) is 0 Å². The number of hydrogen-bond donors (Lipinski definition) is 1. The average Bonchev–Trinajstić information content (AvgIpc) is 3.05. The minimum Gasteiger partial charge on any atom is -0.469 e. The van der Waals surface area contributed by atoms with E-state index >= 15 is 0 Å². The zero-order valence-corrected chi connectivity index (χ0v) is 11.9. The van der Waals surface area contributed by atoms with Gasteiger partial charge in [0.1, 0.15) is 0 Å². The number of carbonyl (C=O) groups is 1. The number of nitrogens with zero attached hydrogens (tertiary/aromatic N) is 1. The summed E-state index contributed by atoms with van der Waals surface area (Å²) in [7, 11) is 1.50. The van der Waals surface area contributed by atoms with Crippen LogP contribution >= 0.6 is 0 Å². The van der Waals surface area contributed by atoms with E-state index in [2.05, 4.69) is 24.1 Å². The molecule has 18 heavy (non-hydrogen) atoms. The van der Waals surface area contributed by atoms with Crippen LogP contribution in [0.25, 0.3) is 0 Å². The summed E-state index contributed by atoms with van der Waals surface area (Å²) < 4.78 is 4.86. The summed E-state index contributed by atoms with van der Waals surface area (Å²) in [4.78, 5) is 14.0. The van der Waals surface area contributed by atoms with Crippen molar-refractivity contribution in [2.75, 3.05) is 33.3 Å². The predicted molar refractivity (Wildman–Crippen MR) is 71.4 cm³/mol. The fourth-order valence-electron chi connectivity index (χ4n) is 3.11. The van der Waals surface area contributed by atoms with Crippen molar-refractivity contribution >= 4 is 5.97 Å². The Hall–Kier alpha value is -0.610. The largest absolute Gasteiger partial charge is 0.469 e. The van der Waals surface area contributed by atoms with Gasteiger partial charge in [-0.15, -0.1) is 0 Å². The van der Waals surface area contributed by atoms with Crippen LogP contribution in [-0.4, -0.2) is 50.2 Å². The molecule has 0 amide bonds. The number of methoxy groups -OCH3 is 1. The second-order valence-corrected chi connectivity index (χ2v) is 6.09. The molecule has 1 atom stereocenters. The first-order valence-corrected chi connectivity index (χ1v) is 7.11. The molecule has 4 heteroatoms. The van der Waals surface area contributed by atoms with Crippen molar-refractivity contribution in [2.45, 2.75) is 39.2 Å². The van der Waals surface area contributed by atoms with Crippen LogP contribution in [0.15, 0.2) is 0 Å². The molecule has 1 aliphatic carbocycles. The van der Waals surface area contributed by atoms with E-state index in [0.717, 1.165) is 45.4 Å². The number of piperidine rings is 1. The quantitative estimate of drug-likeness (QED) is 0.750. The van der Waals surface area contributed by atoms with Crippen LogP contribution in [0.4, 0.5) is 0 Å². The van der Waals surface area contributed by atoms with E-state index in [1.807, 2.05) is 0 Å². The van der Waals surface area contributed by atoms with Gasteiger partial charge in [-0.25, -0.2) is 0 Å². The summed E-state index contributed by atoms with van der Waals surface area (Å²) >= 11 is 0. The lowest BCUT2D eigenvalue weighted by molar-refractivity contribution is -0.143. The third-order valence-electron chi connectivity index (χ3n) is 4.51. The van der Waals surface area contributed by atoms with E-state index in [-0.39, 0.29) is 11.9 Å². The Kier molecular flexibility index (Phi) is 4.28. The van der Waals surface area contributed by atoms with Gasteiger partial charge < -0.3 is 15.0 Å². The fourth-order valence-corrected chi connectivity index (χ4v) is 3.11.